The molecule has 0 radical (unpaired) electrons. The van der Waals surface area contributed by atoms with Crippen LogP contribution in [0.3, 0.4) is 0 Å². The molecule has 0 saturated heterocycles. The molecule has 0 spiro atoms. The zero-order valence-electron chi connectivity index (χ0n) is 14.6. The lowest BCUT2D eigenvalue weighted by Crippen LogP contribution is -2.51. The Morgan fingerprint density at radius 2 is 1.44 bits per heavy atom. The number of carbonyl (C=O) groups is 4. The minimum atomic E-state index is -1.41. The van der Waals surface area contributed by atoms with Crippen LogP contribution >= 0.6 is 0 Å². The summed E-state index contributed by atoms with van der Waals surface area (Å²) < 4.78 is 0. The van der Waals surface area contributed by atoms with Crippen molar-refractivity contribution in [3.8, 4) is 0 Å². The van der Waals surface area contributed by atoms with Crippen molar-refractivity contribution in [3.63, 3.8) is 0 Å². The van der Waals surface area contributed by atoms with Gasteiger partial charge in [0.15, 0.2) is 0 Å². The van der Waals surface area contributed by atoms with Crippen LogP contribution in [0.5, 0.6) is 0 Å². The van der Waals surface area contributed by atoms with E-state index in [2.05, 4.69) is 0 Å². The maximum atomic E-state index is 12.7. The van der Waals surface area contributed by atoms with Gasteiger partial charge in [-0.05, 0) is 30.5 Å². The minimum Gasteiger partial charge on any atom is -0.481 e. The van der Waals surface area contributed by atoms with E-state index in [-0.39, 0.29) is 25.8 Å². The molecule has 0 aliphatic carbocycles. The molecule has 0 fully saturated rings. The maximum absolute atomic E-state index is 12.7. The number of nitrogens with two attached hydrogens (primary N) is 2. The van der Waals surface area contributed by atoms with Gasteiger partial charge in [0.2, 0.25) is 5.91 Å². The molecule has 7 N–H and O–H groups in total. The predicted octanol–water partition coefficient (Wildman–Crippen LogP) is 0.108. The van der Waals surface area contributed by atoms with Crippen molar-refractivity contribution >= 4 is 29.5 Å². The van der Waals surface area contributed by atoms with Crippen LogP contribution in [0.2, 0.25) is 0 Å². The van der Waals surface area contributed by atoms with E-state index in [4.69, 9.17) is 21.7 Å². The Kier molecular flexibility index (Phi) is 8.21. The van der Waals surface area contributed by atoms with Crippen molar-refractivity contribution in [2.45, 2.75) is 44.3 Å². The fraction of sp³-hybridized carbons (Fsp3) is 0.412. The van der Waals surface area contributed by atoms with Gasteiger partial charge in [-0.15, -0.1) is 0 Å². The molecule has 0 heterocycles. The summed E-state index contributed by atoms with van der Waals surface area (Å²) in [5.74, 6) is -4.46. The molecule has 0 aromatic heterocycles. The van der Waals surface area contributed by atoms with Gasteiger partial charge >= 0.3 is 17.9 Å². The summed E-state index contributed by atoms with van der Waals surface area (Å²) in [6.07, 6.45) is -1.28. The molecule has 1 rings (SSSR count). The Hall–Kier alpha value is -3.14. The number of carboxylic acids is 3. The van der Waals surface area contributed by atoms with E-state index in [9.17, 15) is 24.3 Å². The lowest BCUT2D eigenvalue weighted by Gasteiger charge is -2.31. The second-order valence-electron chi connectivity index (χ2n) is 6.03. The van der Waals surface area contributed by atoms with Crippen LogP contribution in [0.1, 0.15) is 31.2 Å². The maximum Gasteiger partial charge on any atom is 0.326 e. The quantitative estimate of drug-likeness (QED) is 0.332. The molecule has 0 aliphatic rings. The van der Waals surface area contributed by atoms with Crippen molar-refractivity contribution in [1.82, 2.24) is 4.90 Å². The molecule has 1 aromatic carbocycles. The highest BCUT2D eigenvalue weighted by Gasteiger charge is 2.33. The first-order valence-corrected chi connectivity index (χ1v) is 8.18. The third-order valence-electron chi connectivity index (χ3n) is 3.90. The number of carbonyl (C=O) groups excluding carboxylic acids is 1. The first kappa shape index (κ1) is 21.9. The summed E-state index contributed by atoms with van der Waals surface area (Å²) in [4.78, 5) is 46.8. The summed E-state index contributed by atoms with van der Waals surface area (Å²) >= 11 is 0. The van der Waals surface area contributed by atoms with E-state index in [0.717, 1.165) is 4.90 Å². The van der Waals surface area contributed by atoms with Gasteiger partial charge in [-0.25, -0.2) is 4.79 Å². The van der Waals surface area contributed by atoms with Gasteiger partial charge in [-0.1, -0.05) is 12.1 Å². The molecule has 10 nitrogen and oxygen atoms in total. The van der Waals surface area contributed by atoms with Gasteiger partial charge in [-0.3, -0.25) is 14.4 Å². The van der Waals surface area contributed by atoms with Crippen LogP contribution in [0, 0.1) is 0 Å². The van der Waals surface area contributed by atoms with Crippen molar-refractivity contribution < 1.29 is 34.5 Å². The van der Waals surface area contributed by atoms with Gasteiger partial charge in [0.05, 0.1) is 6.04 Å². The van der Waals surface area contributed by atoms with E-state index in [1.807, 2.05) is 0 Å². The van der Waals surface area contributed by atoms with Crippen molar-refractivity contribution in [2.75, 3.05) is 5.73 Å². The zero-order valence-corrected chi connectivity index (χ0v) is 14.6. The topological polar surface area (TPSA) is 184 Å². The van der Waals surface area contributed by atoms with Crippen LogP contribution in [-0.4, -0.2) is 56.1 Å². The third-order valence-corrected chi connectivity index (χ3v) is 3.90. The predicted molar refractivity (Wildman–Crippen MR) is 94.5 cm³/mol. The van der Waals surface area contributed by atoms with E-state index >= 15 is 0 Å². The van der Waals surface area contributed by atoms with Crippen LogP contribution in [0.15, 0.2) is 24.3 Å². The Morgan fingerprint density at radius 1 is 0.926 bits per heavy atom. The van der Waals surface area contributed by atoms with Crippen LogP contribution < -0.4 is 11.5 Å². The third kappa shape index (κ3) is 7.32. The number of carboxylic acid groups (broad SMARTS) is 3. The lowest BCUT2D eigenvalue weighted by atomic mass is 10.0. The van der Waals surface area contributed by atoms with Crippen LogP contribution in [-0.2, 0) is 25.7 Å². The summed E-state index contributed by atoms with van der Waals surface area (Å²) in [6.45, 7) is -0.129. The second-order valence-corrected chi connectivity index (χ2v) is 6.03. The minimum absolute atomic E-state index is 0.129. The fourth-order valence-electron chi connectivity index (χ4n) is 2.45. The smallest absolute Gasteiger partial charge is 0.326 e. The molecule has 1 amide bonds. The van der Waals surface area contributed by atoms with Gasteiger partial charge in [0, 0.05) is 25.1 Å². The Labute approximate surface area is 155 Å². The summed E-state index contributed by atoms with van der Waals surface area (Å²) in [7, 11) is 0. The Bertz CT molecular complexity index is 690. The fourth-order valence-corrected chi connectivity index (χ4v) is 2.45. The Balaban J connectivity index is 3.09. The molecule has 1 aromatic rings. The number of amides is 1. The standard InChI is InChI=1S/C17H23N3O7/c18-11-3-1-10(2-4-11)9-20(13(17(26)27)6-8-15(23)24)16(25)12(19)5-7-14(21)22/h1-4,12-13H,5-9,18-19H2,(H,21,22)(H,23,24)(H,26,27)/t12-,13-/m0/s1. The van der Waals surface area contributed by atoms with Gasteiger partial charge in [0.25, 0.3) is 0 Å². The highest BCUT2D eigenvalue weighted by Crippen LogP contribution is 2.17. The summed E-state index contributed by atoms with van der Waals surface area (Å²) in [5.41, 5.74) is 12.4. The number of rotatable bonds is 11. The highest BCUT2D eigenvalue weighted by atomic mass is 16.4. The summed E-state index contributed by atoms with van der Waals surface area (Å²) in [5, 5.41) is 27.1. The first-order chi connectivity index (χ1) is 12.6. The van der Waals surface area contributed by atoms with Gasteiger partial charge < -0.3 is 31.7 Å². The number of anilines is 1. The largest absolute Gasteiger partial charge is 0.481 e. The molecule has 2 atom stereocenters. The molecular weight excluding hydrogens is 358 g/mol. The van der Waals surface area contributed by atoms with E-state index < -0.39 is 42.3 Å². The van der Waals surface area contributed by atoms with Crippen LogP contribution in [0.25, 0.3) is 0 Å². The number of aliphatic carboxylic acids is 3. The number of nitrogens with zero attached hydrogens (tertiary/aromatic N) is 1. The van der Waals surface area contributed by atoms with Crippen molar-refractivity contribution in [3.05, 3.63) is 29.8 Å². The summed E-state index contributed by atoms with van der Waals surface area (Å²) in [6, 6.07) is 3.73. The monoisotopic (exact) mass is 381 g/mol. The van der Waals surface area contributed by atoms with Gasteiger partial charge in [0.1, 0.15) is 6.04 Å². The molecule has 27 heavy (non-hydrogen) atoms. The number of hydrogen-bond acceptors (Lipinski definition) is 6. The van der Waals surface area contributed by atoms with Crippen molar-refractivity contribution in [2.24, 2.45) is 5.73 Å². The molecule has 0 unspecified atom stereocenters. The number of benzene rings is 1. The SMILES string of the molecule is Nc1ccc(CN(C(=O)[C@@H](N)CCC(=O)O)[C@@H](CCC(=O)O)C(=O)O)cc1. The lowest BCUT2D eigenvalue weighted by molar-refractivity contribution is -0.153. The number of nitrogen functional groups attached to an aromatic ring is 1. The first-order valence-electron chi connectivity index (χ1n) is 8.18. The molecule has 148 valence electrons. The van der Waals surface area contributed by atoms with E-state index in [0.29, 0.717) is 11.3 Å². The van der Waals surface area contributed by atoms with Crippen molar-refractivity contribution in [1.29, 1.82) is 0 Å². The van der Waals surface area contributed by atoms with Crippen LogP contribution in [0.4, 0.5) is 5.69 Å². The highest BCUT2D eigenvalue weighted by molar-refractivity contribution is 5.87. The average molecular weight is 381 g/mol. The second kappa shape index (κ2) is 10.1. The normalized spacial score (nSPS) is 12.8. The number of hydrogen-bond donors (Lipinski definition) is 5. The molecule has 0 aliphatic heterocycles. The average Bonchev–Trinajstić information content (AvgIpc) is 2.59. The molecular formula is C17H23N3O7. The zero-order chi connectivity index (χ0) is 20.6. The molecule has 0 bridgehead atoms. The molecule has 10 heteroatoms. The van der Waals surface area contributed by atoms with Gasteiger partial charge in [-0.2, -0.15) is 0 Å². The molecule has 0 saturated carbocycles. The van der Waals surface area contributed by atoms with E-state index in [1.165, 1.54) is 0 Å². The Morgan fingerprint density at radius 3 is 1.93 bits per heavy atom. The van der Waals surface area contributed by atoms with E-state index in [1.54, 1.807) is 24.3 Å².